The van der Waals surface area contributed by atoms with Crippen LogP contribution >= 0.6 is 12.4 Å². The Morgan fingerprint density at radius 1 is 1.47 bits per heavy atom. The smallest absolute Gasteiger partial charge is 0.273 e. The fourth-order valence-electron chi connectivity index (χ4n) is 2.42. The minimum absolute atomic E-state index is 0. The highest BCUT2D eigenvalue weighted by molar-refractivity contribution is 5.85. The van der Waals surface area contributed by atoms with E-state index in [4.69, 9.17) is 5.73 Å². The van der Waals surface area contributed by atoms with E-state index in [0.29, 0.717) is 25.0 Å². The Bertz CT molecular complexity index is 438. The third-order valence-electron chi connectivity index (χ3n) is 3.58. The maximum absolute atomic E-state index is 11.0. The van der Waals surface area contributed by atoms with Gasteiger partial charge in [0.1, 0.15) is 0 Å². The SMILES string of the molecule is CN(Cc1ccccc1[N+](=O)[O-])C(CN)C1CC1.Cl. The molecule has 0 saturated heterocycles. The lowest BCUT2D eigenvalue weighted by Gasteiger charge is -2.26. The van der Waals surface area contributed by atoms with Gasteiger partial charge in [0.05, 0.1) is 4.92 Å². The standard InChI is InChI=1S/C13H19N3O2.ClH/c1-15(13(8-14)10-6-7-10)9-11-4-2-3-5-12(11)16(17)18;/h2-5,10,13H,6-9,14H2,1H3;1H. The molecule has 1 aliphatic rings. The molecule has 0 aliphatic heterocycles. The topological polar surface area (TPSA) is 72.4 Å². The van der Waals surface area contributed by atoms with Gasteiger partial charge in [0.25, 0.3) is 5.69 Å². The number of nitrogens with two attached hydrogens (primary N) is 1. The monoisotopic (exact) mass is 285 g/mol. The Hall–Kier alpha value is -1.17. The lowest BCUT2D eigenvalue weighted by Crippen LogP contribution is -2.39. The maximum Gasteiger partial charge on any atom is 0.273 e. The lowest BCUT2D eigenvalue weighted by atomic mass is 10.1. The van der Waals surface area contributed by atoms with E-state index in [-0.39, 0.29) is 23.0 Å². The second-order valence-corrected chi connectivity index (χ2v) is 4.94. The van der Waals surface area contributed by atoms with Crippen LogP contribution in [0.25, 0.3) is 0 Å². The van der Waals surface area contributed by atoms with Crippen molar-refractivity contribution in [2.45, 2.75) is 25.4 Å². The molecule has 1 aromatic rings. The molecule has 2 rings (SSSR count). The van der Waals surface area contributed by atoms with E-state index in [0.717, 1.165) is 5.56 Å². The fourth-order valence-corrected chi connectivity index (χ4v) is 2.42. The van der Waals surface area contributed by atoms with Crippen LogP contribution in [-0.2, 0) is 6.54 Å². The van der Waals surface area contributed by atoms with Crippen molar-refractivity contribution in [3.8, 4) is 0 Å². The zero-order valence-corrected chi connectivity index (χ0v) is 11.8. The summed E-state index contributed by atoms with van der Waals surface area (Å²) in [4.78, 5) is 12.8. The largest absolute Gasteiger partial charge is 0.329 e. The lowest BCUT2D eigenvalue weighted by molar-refractivity contribution is -0.385. The third kappa shape index (κ3) is 3.89. The van der Waals surface area contributed by atoms with Crippen molar-refractivity contribution in [1.82, 2.24) is 4.90 Å². The van der Waals surface area contributed by atoms with Crippen LogP contribution in [0.1, 0.15) is 18.4 Å². The van der Waals surface area contributed by atoms with E-state index in [1.54, 1.807) is 12.1 Å². The fraction of sp³-hybridized carbons (Fsp3) is 0.538. The first-order valence-electron chi connectivity index (χ1n) is 6.26. The normalized spacial score (nSPS) is 15.9. The van der Waals surface area contributed by atoms with Crippen molar-refractivity contribution in [1.29, 1.82) is 0 Å². The molecule has 0 amide bonds. The number of nitro groups is 1. The minimum atomic E-state index is -0.322. The van der Waals surface area contributed by atoms with Gasteiger partial charge in [-0.25, -0.2) is 0 Å². The number of halogens is 1. The van der Waals surface area contributed by atoms with Crippen molar-refractivity contribution in [3.05, 3.63) is 39.9 Å². The third-order valence-corrected chi connectivity index (χ3v) is 3.58. The summed E-state index contributed by atoms with van der Waals surface area (Å²) in [6, 6.07) is 7.24. The first-order valence-corrected chi connectivity index (χ1v) is 6.26. The molecule has 1 saturated carbocycles. The molecule has 106 valence electrons. The molecular weight excluding hydrogens is 266 g/mol. The van der Waals surface area contributed by atoms with Crippen molar-refractivity contribution in [2.75, 3.05) is 13.6 Å². The Balaban J connectivity index is 0.00000180. The second kappa shape index (κ2) is 6.84. The van der Waals surface area contributed by atoms with Gasteiger partial charge in [-0.1, -0.05) is 18.2 Å². The molecule has 6 heteroatoms. The summed E-state index contributed by atoms with van der Waals surface area (Å²) in [6.45, 7) is 1.19. The van der Waals surface area contributed by atoms with E-state index >= 15 is 0 Å². The molecule has 1 aromatic carbocycles. The molecule has 0 heterocycles. The maximum atomic E-state index is 11.0. The number of nitrogens with zero attached hydrogens (tertiary/aromatic N) is 2. The van der Waals surface area contributed by atoms with Crippen molar-refractivity contribution in [3.63, 3.8) is 0 Å². The van der Waals surface area contributed by atoms with Gasteiger partial charge in [0, 0.05) is 30.8 Å². The predicted molar refractivity (Wildman–Crippen MR) is 77.4 cm³/mol. The summed E-state index contributed by atoms with van der Waals surface area (Å²) >= 11 is 0. The molecule has 0 spiro atoms. The van der Waals surface area contributed by atoms with Gasteiger partial charge in [0.2, 0.25) is 0 Å². The summed E-state index contributed by atoms with van der Waals surface area (Å²) in [7, 11) is 1.99. The van der Waals surface area contributed by atoms with Crippen molar-refractivity contribution >= 4 is 18.1 Å². The van der Waals surface area contributed by atoms with E-state index in [2.05, 4.69) is 4.90 Å². The van der Waals surface area contributed by atoms with Crippen LogP contribution in [0.2, 0.25) is 0 Å². The van der Waals surface area contributed by atoms with Gasteiger partial charge in [-0.15, -0.1) is 12.4 Å². The number of benzene rings is 1. The molecule has 5 nitrogen and oxygen atoms in total. The zero-order chi connectivity index (χ0) is 13.1. The Kier molecular flexibility index (Phi) is 5.72. The molecule has 0 aromatic heterocycles. The van der Waals surface area contributed by atoms with Gasteiger partial charge in [-0.3, -0.25) is 15.0 Å². The highest BCUT2D eigenvalue weighted by Crippen LogP contribution is 2.35. The molecule has 19 heavy (non-hydrogen) atoms. The summed E-state index contributed by atoms with van der Waals surface area (Å²) in [6.07, 6.45) is 2.45. The molecule has 1 atom stereocenters. The van der Waals surface area contributed by atoms with E-state index < -0.39 is 0 Å². The number of para-hydroxylation sites is 1. The minimum Gasteiger partial charge on any atom is -0.329 e. The summed E-state index contributed by atoms with van der Waals surface area (Å²) in [5.41, 5.74) is 6.74. The molecule has 1 unspecified atom stereocenters. The highest BCUT2D eigenvalue weighted by Gasteiger charge is 2.33. The molecule has 2 N–H and O–H groups in total. The number of likely N-dealkylation sites (N-methyl/N-ethyl adjacent to an activating group) is 1. The van der Waals surface area contributed by atoms with Crippen LogP contribution in [0.15, 0.2) is 24.3 Å². The average Bonchev–Trinajstić information content (AvgIpc) is 3.15. The number of nitro benzene ring substituents is 1. The highest BCUT2D eigenvalue weighted by atomic mass is 35.5. The van der Waals surface area contributed by atoms with Crippen molar-refractivity contribution in [2.24, 2.45) is 11.7 Å². The Morgan fingerprint density at radius 2 is 2.11 bits per heavy atom. The number of rotatable bonds is 6. The predicted octanol–water partition coefficient (Wildman–Crippen LogP) is 2.19. The van der Waals surface area contributed by atoms with Crippen LogP contribution in [0, 0.1) is 16.0 Å². The average molecular weight is 286 g/mol. The van der Waals surface area contributed by atoms with Gasteiger partial charge in [-0.05, 0) is 25.8 Å². The van der Waals surface area contributed by atoms with Gasteiger partial charge >= 0.3 is 0 Å². The first-order chi connectivity index (χ1) is 8.63. The second-order valence-electron chi connectivity index (χ2n) is 4.94. The number of hydrogen-bond acceptors (Lipinski definition) is 4. The van der Waals surface area contributed by atoms with E-state index in [1.165, 1.54) is 12.8 Å². The Labute approximate surface area is 119 Å². The van der Waals surface area contributed by atoms with Crippen LogP contribution in [0.3, 0.4) is 0 Å². The van der Waals surface area contributed by atoms with E-state index in [9.17, 15) is 10.1 Å². The molecular formula is C13H20ClN3O2. The van der Waals surface area contributed by atoms with Gasteiger partial charge < -0.3 is 5.73 Å². The quantitative estimate of drug-likeness (QED) is 0.642. The molecule has 0 radical (unpaired) electrons. The van der Waals surface area contributed by atoms with Gasteiger partial charge in [0.15, 0.2) is 0 Å². The summed E-state index contributed by atoms with van der Waals surface area (Å²) in [5, 5.41) is 11.0. The Morgan fingerprint density at radius 3 is 2.63 bits per heavy atom. The van der Waals surface area contributed by atoms with Crippen LogP contribution in [0.4, 0.5) is 5.69 Å². The van der Waals surface area contributed by atoms with E-state index in [1.807, 2.05) is 19.2 Å². The molecule has 0 bridgehead atoms. The zero-order valence-electron chi connectivity index (χ0n) is 11.0. The summed E-state index contributed by atoms with van der Waals surface area (Å²) < 4.78 is 0. The first kappa shape index (κ1) is 15.9. The van der Waals surface area contributed by atoms with Crippen LogP contribution in [0.5, 0.6) is 0 Å². The summed E-state index contributed by atoms with van der Waals surface area (Å²) in [5.74, 6) is 0.669. The van der Waals surface area contributed by atoms with Gasteiger partial charge in [-0.2, -0.15) is 0 Å². The molecule has 1 fully saturated rings. The van der Waals surface area contributed by atoms with Crippen LogP contribution < -0.4 is 5.73 Å². The van der Waals surface area contributed by atoms with Crippen molar-refractivity contribution < 1.29 is 4.92 Å². The van der Waals surface area contributed by atoms with Crippen LogP contribution in [-0.4, -0.2) is 29.5 Å². The molecule has 1 aliphatic carbocycles. The number of hydrogen-bond donors (Lipinski definition) is 1.